The van der Waals surface area contributed by atoms with Crippen LogP contribution in [0.2, 0.25) is 0 Å². The zero-order valence-corrected chi connectivity index (χ0v) is 14.0. The van der Waals surface area contributed by atoms with Gasteiger partial charge >= 0.3 is 7.82 Å². The highest BCUT2D eigenvalue weighted by molar-refractivity contribution is 7.48. The first-order chi connectivity index (χ1) is 9.30. The molecule has 0 bridgehead atoms. The Morgan fingerprint density at radius 3 is 2.20 bits per heavy atom. The lowest BCUT2D eigenvalue weighted by Gasteiger charge is -2.20. The number of halogens is 1. The quantitative estimate of drug-likeness (QED) is 0.536. The van der Waals surface area contributed by atoms with Crippen molar-refractivity contribution in [2.24, 2.45) is 0 Å². The van der Waals surface area contributed by atoms with Gasteiger partial charge in [-0.05, 0) is 30.0 Å². The molecule has 1 aromatic rings. The molecule has 0 amide bonds. The molecule has 0 saturated heterocycles. The van der Waals surface area contributed by atoms with Crippen molar-refractivity contribution in [3.05, 3.63) is 29.8 Å². The molecule has 0 fully saturated rings. The molecule has 114 valence electrons. The fourth-order valence-electron chi connectivity index (χ4n) is 1.54. The maximum atomic E-state index is 12.3. The van der Waals surface area contributed by atoms with E-state index in [0.29, 0.717) is 5.75 Å². The maximum absolute atomic E-state index is 12.3. The molecular weight excluding hydrogens is 299 g/mol. The number of hydrogen-bond donors (Lipinski definition) is 0. The van der Waals surface area contributed by atoms with Gasteiger partial charge in [0.25, 0.3) is 0 Å². The first-order valence-corrected chi connectivity index (χ1v) is 8.55. The van der Waals surface area contributed by atoms with Crippen LogP contribution in [-0.2, 0) is 19.0 Å². The summed E-state index contributed by atoms with van der Waals surface area (Å²) in [7, 11) is -3.60. The van der Waals surface area contributed by atoms with Crippen molar-refractivity contribution in [2.45, 2.75) is 33.1 Å². The SMILES string of the molecule is CCOP(=O)(OCCCl)Oc1ccc(C(C)(C)C)cc1. The Hall–Kier alpha value is -0.540. The third-order valence-corrected chi connectivity index (χ3v) is 4.21. The first kappa shape index (κ1) is 17.5. The van der Waals surface area contributed by atoms with Crippen LogP contribution < -0.4 is 4.52 Å². The van der Waals surface area contributed by atoms with Crippen molar-refractivity contribution >= 4 is 19.4 Å². The van der Waals surface area contributed by atoms with Gasteiger partial charge in [0, 0.05) is 5.88 Å². The van der Waals surface area contributed by atoms with Crippen LogP contribution in [0, 0.1) is 0 Å². The summed E-state index contributed by atoms with van der Waals surface area (Å²) >= 11 is 5.52. The van der Waals surface area contributed by atoms with Crippen LogP contribution in [0.5, 0.6) is 5.75 Å². The van der Waals surface area contributed by atoms with E-state index in [1.165, 1.54) is 0 Å². The normalized spacial score (nSPS) is 14.8. The Labute approximate surface area is 126 Å². The van der Waals surface area contributed by atoms with Gasteiger partial charge in [-0.1, -0.05) is 32.9 Å². The summed E-state index contributed by atoms with van der Waals surface area (Å²) in [5, 5.41) is 0. The third kappa shape index (κ3) is 5.45. The van der Waals surface area contributed by atoms with E-state index in [2.05, 4.69) is 20.8 Å². The Bertz CT molecular complexity index is 453. The molecule has 0 radical (unpaired) electrons. The highest BCUT2D eigenvalue weighted by atomic mass is 35.5. The maximum Gasteiger partial charge on any atom is 0.530 e. The predicted molar refractivity (Wildman–Crippen MR) is 81.7 cm³/mol. The summed E-state index contributed by atoms with van der Waals surface area (Å²) in [6.45, 7) is 8.44. The van der Waals surface area contributed by atoms with Crippen LogP contribution in [0.1, 0.15) is 33.3 Å². The Morgan fingerprint density at radius 1 is 1.15 bits per heavy atom. The number of benzene rings is 1. The van der Waals surface area contributed by atoms with Crippen LogP contribution in [0.15, 0.2) is 24.3 Å². The molecule has 6 heteroatoms. The highest BCUT2D eigenvalue weighted by Gasteiger charge is 2.28. The number of phosphoric ester groups is 1. The van der Waals surface area contributed by atoms with Gasteiger partial charge in [-0.2, -0.15) is 0 Å². The van der Waals surface area contributed by atoms with Gasteiger partial charge < -0.3 is 4.52 Å². The summed E-state index contributed by atoms with van der Waals surface area (Å²) < 4.78 is 27.8. The second-order valence-corrected chi connectivity index (χ2v) is 7.22. The van der Waals surface area contributed by atoms with Crippen molar-refractivity contribution in [1.82, 2.24) is 0 Å². The van der Waals surface area contributed by atoms with Gasteiger partial charge in [-0.25, -0.2) is 4.57 Å². The summed E-state index contributed by atoms with van der Waals surface area (Å²) in [4.78, 5) is 0. The predicted octanol–water partition coefficient (Wildman–Crippen LogP) is 4.76. The molecule has 0 aliphatic heterocycles. The minimum absolute atomic E-state index is 0.0528. The van der Waals surface area contributed by atoms with E-state index >= 15 is 0 Å². The smallest absolute Gasteiger partial charge is 0.404 e. The molecule has 0 N–H and O–H groups in total. The Balaban J connectivity index is 2.81. The Morgan fingerprint density at radius 2 is 1.75 bits per heavy atom. The summed E-state index contributed by atoms with van der Waals surface area (Å²) in [5.74, 6) is 0.674. The molecule has 20 heavy (non-hydrogen) atoms. The third-order valence-electron chi connectivity index (χ3n) is 2.55. The van der Waals surface area contributed by atoms with E-state index in [1.54, 1.807) is 19.1 Å². The molecule has 0 aliphatic rings. The molecule has 4 nitrogen and oxygen atoms in total. The monoisotopic (exact) mass is 320 g/mol. The van der Waals surface area contributed by atoms with Gasteiger partial charge in [-0.3, -0.25) is 9.05 Å². The fraction of sp³-hybridized carbons (Fsp3) is 0.571. The summed E-state index contributed by atoms with van der Waals surface area (Å²) in [6.07, 6.45) is 0. The highest BCUT2D eigenvalue weighted by Crippen LogP contribution is 2.49. The minimum Gasteiger partial charge on any atom is -0.404 e. The largest absolute Gasteiger partial charge is 0.530 e. The summed E-state index contributed by atoms with van der Waals surface area (Å²) in [5.41, 5.74) is 1.22. The zero-order valence-electron chi connectivity index (χ0n) is 12.4. The molecule has 1 rings (SSSR count). The molecule has 0 saturated carbocycles. The van der Waals surface area contributed by atoms with E-state index in [9.17, 15) is 4.57 Å². The standard InChI is InChI=1S/C14H22ClO4P/c1-5-17-20(16,18-11-10-15)19-13-8-6-12(7-9-13)14(2,3)4/h6-9H,5,10-11H2,1-4H3. The topological polar surface area (TPSA) is 44.8 Å². The van der Waals surface area contributed by atoms with E-state index < -0.39 is 7.82 Å². The van der Waals surface area contributed by atoms with Gasteiger partial charge in [0.15, 0.2) is 0 Å². The average molecular weight is 321 g/mol. The van der Waals surface area contributed by atoms with Gasteiger partial charge in [0.1, 0.15) is 5.75 Å². The van der Waals surface area contributed by atoms with Crippen molar-refractivity contribution in [3.63, 3.8) is 0 Å². The number of hydrogen-bond acceptors (Lipinski definition) is 4. The molecule has 0 heterocycles. The van der Waals surface area contributed by atoms with Crippen LogP contribution in [0.4, 0.5) is 0 Å². The van der Waals surface area contributed by atoms with Crippen molar-refractivity contribution in [1.29, 1.82) is 0 Å². The van der Waals surface area contributed by atoms with Crippen LogP contribution >= 0.6 is 19.4 Å². The van der Waals surface area contributed by atoms with E-state index in [4.69, 9.17) is 25.2 Å². The lowest BCUT2D eigenvalue weighted by Crippen LogP contribution is -2.10. The zero-order chi connectivity index (χ0) is 15.2. The number of phosphoric acid groups is 1. The van der Waals surface area contributed by atoms with Gasteiger partial charge in [0.05, 0.1) is 13.2 Å². The van der Waals surface area contributed by atoms with Crippen LogP contribution in [-0.4, -0.2) is 19.1 Å². The molecule has 0 spiro atoms. The molecule has 0 aliphatic carbocycles. The number of alkyl halides is 1. The lowest BCUT2D eigenvalue weighted by molar-refractivity contribution is 0.168. The first-order valence-electron chi connectivity index (χ1n) is 6.56. The van der Waals surface area contributed by atoms with Gasteiger partial charge in [-0.15, -0.1) is 11.6 Å². The van der Waals surface area contributed by atoms with Crippen molar-refractivity contribution in [3.8, 4) is 5.75 Å². The second-order valence-electron chi connectivity index (χ2n) is 5.25. The molecular formula is C14H22ClO4P. The van der Waals surface area contributed by atoms with Crippen molar-refractivity contribution < 1.29 is 18.1 Å². The molecule has 1 unspecified atom stereocenters. The van der Waals surface area contributed by atoms with Crippen LogP contribution in [0.3, 0.4) is 0 Å². The second kappa shape index (κ2) is 7.46. The minimum atomic E-state index is -3.60. The van der Waals surface area contributed by atoms with Gasteiger partial charge in [0.2, 0.25) is 0 Å². The van der Waals surface area contributed by atoms with E-state index in [1.807, 2.05) is 12.1 Å². The van der Waals surface area contributed by atoms with Crippen molar-refractivity contribution in [2.75, 3.05) is 19.1 Å². The fourth-order valence-corrected chi connectivity index (χ4v) is 2.92. The van der Waals surface area contributed by atoms with E-state index in [0.717, 1.165) is 5.56 Å². The average Bonchev–Trinajstić information content (AvgIpc) is 2.36. The van der Waals surface area contributed by atoms with E-state index in [-0.39, 0.29) is 24.5 Å². The molecule has 0 aromatic heterocycles. The lowest BCUT2D eigenvalue weighted by atomic mass is 9.87. The molecule has 1 atom stereocenters. The number of rotatable bonds is 7. The summed E-state index contributed by atoms with van der Waals surface area (Å²) in [6, 6.07) is 7.40. The van der Waals surface area contributed by atoms with Crippen LogP contribution in [0.25, 0.3) is 0 Å². The Kier molecular flexibility index (Phi) is 6.53. The molecule has 1 aromatic carbocycles.